The Bertz CT molecular complexity index is 336. The van der Waals surface area contributed by atoms with Gasteiger partial charge in [0.25, 0.3) is 0 Å². The third-order valence-corrected chi connectivity index (χ3v) is 2.25. The van der Waals surface area contributed by atoms with E-state index in [0.717, 1.165) is 11.3 Å². The molecule has 13 heavy (non-hydrogen) atoms. The van der Waals surface area contributed by atoms with Crippen molar-refractivity contribution in [1.82, 2.24) is 0 Å². The summed E-state index contributed by atoms with van der Waals surface area (Å²) in [5, 5.41) is 0.600. The van der Waals surface area contributed by atoms with Crippen molar-refractivity contribution in [1.29, 1.82) is 0 Å². The quantitative estimate of drug-likeness (QED) is 0.678. The van der Waals surface area contributed by atoms with Crippen LogP contribution in [0.2, 0.25) is 5.02 Å². The van der Waals surface area contributed by atoms with Crippen molar-refractivity contribution in [3.63, 3.8) is 0 Å². The number of carbonyl (C=O) groups is 1. The molecule has 1 aromatic rings. The third kappa shape index (κ3) is 2.22. The minimum Gasteiger partial charge on any atom is -0.314 e. The maximum atomic E-state index is 11.1. The minimum atomic E-state index is -0.0208. The SMILES string of the molecule is CC(=O)N(C)c1cc(C)ccc1Cl. The molecule has 0 fully saturated rings. The Morgan fingerprint density at radius 3 is 2.62 bits per heavy atom. The second kappa shape index (κ2) is 3.79. The lowest BCUT2D eigenvalue weighted by atomic mass is 10.2. The second-order valence-electron chi connectivity index (χ2n) is 3.03. The molecule has 0 aliphatic heterocycles. The lowest BCUT2D eigenvalue weighted by Gasteiger charge is -2.16. The van der Waals surface area contributed by atoms with E-state index in [-0.39, 0.29) is 5.91 Å². The standard InChI is InChI=1S/C10H12ClNO/c1-7-4-5-9(11)10(6-7)12(3)8(2)13/h4-6H,1-3H3. The van der Waals surface area contributed by atoms with E-state index in [1.807, 2.05) is 19.1 Å². The van der Waals surface area contributed by atoms with E-state index < -0.39 is 0 Å². The van der Waals surface area contributed by atoms with Gasteiger partial charge in [-0.05, 0) is 24.6 Å². The van der Waals surface area contributed by atoms with Crippen molar-refractivity contribution >= 4 is 23.2 Å². The largest absolute Gasteiger partial charge is 0.314 e. The Hall–Kier alpha value is -1.02. The lowest BCUT2D eigenvalue weighted by molar-refractivity contribution is -0.116. The molecule has 0 aliphatic rings. The first kappa shape index (κ1) is 10.1. The topological polar surface area (TPSA) is 20.3 Å². The van der Waals surface area contributed by atoms with E-state index >= 15 is 0 Å². The molecule has 0 radical (unpaired) electrons. The summed E-state index contributed by atoms with van der Waals surface area (Å²) in [4.78, 5) is 12.6. The highest BCUT2D eigenvalue weighted by Gasteiger charge is 2.09. The molecule has 0 bridgehead atoms. The summed E-state index contributed by atoms with van der Waals surface area (Å²) in [7, 11) is 1.71. The van der Waals surface area contributed by atoms with Crippen molar-refractivity contribution in [3.8, 4) is 0 Å². The van der Waals surface area contributed by atoms with Crippen LogP contribution < -0.4 is 4.90 Å². The summed E-state index contributed by atoms with van der Waals surface area (Å²) in [5.41, 5.74) is 1.85. The number of rotatable bonds is 1. The molecule has 0 N–H and O–H groups in total. The number of carbonyl (C=O) groups excluding carboxylic acids is 1. The van der Waals surface area contributed by atoms with E-state index in [9.17, 15) is 4.79 Å². The highest BCUT2D eigenvalue weighted by molar-refractivity contribution is 6.33. The molecule has 0 atom stereocenters. The molecule has 1 aromatic carbocycles. The highest BCUT2D eigenvalue weighted by Crippen LogP contribution is 2.25. The van der Waals surface area contributed by atoms with Gasteiger partial charge in [0.05, 0.1) is 10.7 Å². The summed E-state index contributed by atoms with van der Waals surface area (Å²) < 4.78 is 0. The average Bonchev–Trinajstić information content (AvgIpc) is 2.08. The molecule has 0 aliphatic carbocycles. The van der Waals surface area contributed by atoms with E-state index in [2.05, 4.69) is 0 Å². The van der Waals surface area contributed by atoms with Gasteiger partial charge in [-0.25, -0.2) is 0 Å². The van der Waals surface area contributed by atoms with Crippen LogP contribution in [-0.2, 0) is 4.79 Å². The van der Waals surface area contributed by atoms with Crippen molar-refractivity contribution in [2.75, 3.05) is 11.9 Å². The van der Waals surface area contributed by atoms with Crippen molar-refractivity contribution in [2.24, 2.45) is 0 Å². The maximum Gasteiger partial charge on any atom is 0.223 e. The molecule has 0 heterocycles. The van der Waals surface area contributed by atoms with Crippen LogP contribution in [0.3, 0.4) is 0 Å². The first-order chi connectivity index (χ1) is 6.02. The number of hydrogen-bond donors (Lipinski definition) is 0. The Kier molecular flexibility index (Phi) is 2.94. The zero-order valence-electron chi connectivity index (χ0n) is 7.97. The zero-order valence-corrected chi connectivity index (χ0v) is 8.72. The van der Waals surface area contributed by atoms with Crippen LogP contribution in [0, 0.1) is 6.92 Å². The number of anilines is 1. The predicted octanol–water partition coefficient (Wildman–Crippen LogP) is 2.63. The molecule has 0 unspecified atom stereocenters. The molecule has 70 valence electrons. The number of halogens is 1. The van der Waals surface area contributed by atoms with Crippen molar-refractivity contribution < 1.29 is 4.79 Å². The van der Waals surface area contributed by atoms with E-state index in [0.29, 0.717) is 5.02 Å². The monoisotopic (exact) mass is 197 g/mol. The van der Waals surface area contributed by atoms with Gasteiger partial charge in [-0.2, -0.15) is 0 Å². The Balaban J connectivity index is 3.12. The van der Waals surface area contributed by atoms with Crippen molar-refractivity contribution in [3.05, 3.63) is 28.8 Å². The predicted molar refractivity (Wildman–Crippen MR) is 55.3 cm³/mol. The van der Waals surface area contributed by atoms with Crippen LogP contribution in [-0.4, -0.2) is 13.0 Å². The molecule has 1 rings (SSSR count). The Morgan fingerprint density at radius 2 is 2.08 bits per heavy atom. The van der Waals surface area contributed by atoms with Crippen LogP contribution in [0.4, 0.5) is 5.69 Å². The fourth-order valence-electron chi connectivity index (χ4n) is 1.05. The van der Waals surface area contributed by atoms with Crippen LogP contribution in [0.25, 0.3) is 0 Å². The van der Waals surface area contributed by atoms with Gasteiger partial charge >= 0.3 is 0 Å². The first-order valence-corrected chi connectivity index (χ1v) is 4.40. The summed E-state index contributed by atoms with van der Waals surface area (Å²) in [6.45, 7) is 3.48. The lowest BCUT2D eigenvalue weighted by Crippen LogP contribution is -2.23. The minimum absolute atomic E-state index is 0.0208. The second-order valence-corrected chi connectivity index (χ2v) is 3.44. The maximum absolute atomic E-state index is 11.1. The first-order valence-electron chi connectivity index (χ1n) is 4.03. The third-order valence-electron chi connectivity index (χ3n) is 1.94. The smallest absolute Gasteiger partial charge is 0.223 e. The molecule has 2 nitrogen and oxygen atoms in total. The molecular formula is C10H12ClNO. The van der Waals surface area contributed by atoms with Crippen LogP contribution in [0.1, 0.15) is 12.5 Å². The van der Waals surface area contributed by atoms with E-state index in [1.54, 1.807) is 13.1 Å². The highest BCUT2D eigenvalue weighted by atomic mass is 35.5. The summed E-state index contributed by atoms with van der Waals surface area (Å²) in [6.07, 6.45) is 0. The molecule has 0 spiro atoms. The average molecular weight is 198 g/mol. The fraction of sp³-hybridized carbons (Fsp3) is 0.300. The Morgan fingerprint density at radius 1 is 1.46 bits per heavy atom. The number of aryl methyl sites for hydroxylation is 1. The van der Waals surface area contributed by atoms with Gasteiger partial charge in [0.15, 0.2) is 0 Å². The summed E-state index contributed by atoms with van der Waals surface area (Å²) in [6, 6.07) is 5.61. The van der Waals surface area contributed by atoms with Crippen LogP contribution in [0.5, 0.6) is 0 Å². The van der Waals surface area contributed by atoms with Gasteiger partial charge in [-0.15, -0.1) is 0 Å². The molecule has 1 amide bonds. The normalized spacial score (nSPS) is 9.85. The van der Waals surface area contributed by atoms with Gasteiger partial charge in [0, 0.05) is 14.0 Å². The zero-order chi connectivity index (χ0) is 10.0. The van der Waals surface area contributed by atoms with Gasteiger partial charge in [0.2, 0.25) is 5.91 Å². The Labute approximate surface area is 83.1 Å². The summed E-state index contributed by atoms with van der Waals surface area (Å²) >= 11 is 5.94. The summed E-state index contributed by atoms with van der Waals surface area (Å²) in [5.74, 6) is -0.0208. The van der Waals surface area contributed by atoms with Gasteiger partial charge in [0.1, 0.15) is 0 Å². The number of nitrogens with zero attached hydrogens (tertiary/aromatic N) is 1. The van der Waals surface area contributed by atoms with E-state index in [1.165, 1.54) is 11.8 Å². The molecule has 0 saturated carbocycles. The fourth-order valence-corrected chi connectivity index (χ4v) is 1.29. The van der Waals surface area contributed by atoms with Gasteiger partial charge in [-0.1, -0.05) is 17.7 Å². The van der Waals surface area contributed by atoms with Crippen molar-refractivity contribution in [2.45, 2.75) is 13.8 Å². The molecular weight excluding hydrogens is 186 g/mol. The van der Waals surface area contributed by atoms with E-state index in [4.69, 9.17) is 11.6 Å². The van der Waals surface area contributed by atoms with Crippen LogP contribution in [0.15, 0.2) is 18.2 Å². The number of hydrogen-bond acceptors (Lipinski definition) is 1. The van der Waals surface area contributed by atoms with Crippen LogP contribution >= 0.6 is 11.6 Å². The van der Waals surface area contributed by atoms with Gasteiger partial charge < -0.3 is 4.90 Å². The number of amides is 1. The van der Waals surface area contributed by atoms with Gasteiger partial charge in [-0.3, -0.25) is 4.79 Å². The molecule has 0 aromatic heterocycles. The molecule has 0 saturated heterocycles. The number of benzene rings is 1. The molecule has 3 heteroatoms.